The maximum atomic E-state index is 11.7. The second-order valence-electron chi connectivity index (χ2n) is 6.30. The number of primary amides is 1. The second-order valence-corrected chi connectivity index (χ2v) is 6.30. The summed E-state index contributed by atoms with van der Waals surface area (Å²) in [6.07, 6.45) is 5.21. The molecule has 0 aromatic heterocycles. The number of hydrogen-bond donors (Lipinski definition) is 2. The zero-order valence-electron chi connectivity index (χ0n) is 10.9. The summed E-state index contributed by atoms with van der Waals surface area (Å²) >= 11 is 0. The summed E-state index contributed by atoms with van der Waals surface area (Å²) in [4.78, 5) is 11.7. The third-order valence-corrected chi connectivity index (χ3v) is 4.17. The fourth-order valence-electron chi connectivity index (χ4n) is 3.11. The van der Waals surface area contributed by atoms with Gasteiger partial charge < -0.3 is 15.8 Å². The lowest BCUT2D eigenvalue weighted by atomic mass is 9.87. The van der Waals surface area contributed by atoms with Crippen molar-refractivity contribution in [2.75, 3.05) is 13.2 Å². The van der Waals surface area contributed by atoms with Gasteiger partial charge in [-0.25, -0.2) is 0 Å². The van der Waals surface area contributed by atoms with Gasteiger partial charge >= 0.3 is 0 Å². The first-order valence-electron chi connectivity index (χ1n) is 6.60. The highest BCUT2D eigenvalue weighted by Gasteiger charge is 2.47. The minimum absolute atomic E-state index is 0.207. The van der Waals surface area contributed by atoms with Crippen LogP contribution >= 0.6 is 0 Å². The normalized spacial score (nSPS) is 36.2. The smallest absolute Gasteiger partial charge is 0.237 e. The molecule has 17 heavy (non-hydrogen) atoms. The van der Waals surface area contributed by atoms with Crippen LogP contribution in [0.2, 0.25) is 0 Å². The van der Waals surface area contributed by atoms with Crippen molar-refractivity contribution < 1.29 is 9.53 Å². The average molecular weight is 240 g/mol. The van der Waals surface area contributed by atoms with E-state index in [-0.39, 0.29) is 17.4 Å². The largest absolute Gasteiger partial charge is 0.377 e. The number of carbonyl (C=O) groups excluding carboxylic acids is 1. The van der Waals surface area contributed by atoms with Crippen molar-refractivity contribution >= 4 is 5.91 Å². The van der Waals surface area contributed by atoms with Gasteiger partial charge in [-0.2, -0.15) is 0 Å². The Morgan fingerprint density at radius 2 is 2.24 bits per heavy atom. The molecular weight excluding hydrogens is 216 g/mol. The number of nitrogens with one attached hydrogen (secondary N) is 1. The molecule has 98 valence electrons. The lowest BCUT2D eigenvalue weighted by Gasteiger charge is -2.30. The number of rotatable bonds is 4. The Morgan fingerprint density at radius 3 is 2.71 bits per heavy atom. The first-order chi connectivity index (χ1) is 7.94. The van der Waals surface area contributed by atoms with E-state index in [0.717, 1.165) is 45.3 Å². The van der Waals surface area contributed by atoms with E-state index in [1.54, 1.807) is 0 Å². The van der Waals surface area contributed by atoms with Crippen LogP contribution in [0.1, 0.15) is 46.0 Å². The van der Waals surface area contributed by atoms with Gasteiger partial charge in [-0.1, -0.05) is 13.8 Å². The third kappa shape index (κ3) is 2.80. The molecule has 0 spiro atoms. The van der Waals surface area contributed by atoms with Gasteiger partial charge in [-0.3, -0.25) is 4.79 Å². The standard InChI is InChI=1S/C13H24N2O2/c1-12(2)5-6-13(9-12,11(14)16)15-8-10-4-3-7-17-10/h10,15H,3-9H2,1-2H3,(H2,14,16). The molecule has 2 aliphatic rings. The van der Waals surface area contributed by atoms with Crippen LogP contribution in [0, 0.1) is 5.41 Å². The zero-order chi connectivity index (χ0) is 12.5. The Hall–Kier alpha value is -0.610. The predicted molar refractivity (Wildman–Crippen MR) is 66.5 cm³/mol. The number of ether oxygens (including phenoxy) is 1. The van der Waals surface area contributed by atoms with Crippen molar-refractivity contribution in [3.63, 3.8) is 0 Å². The Bertz CT molecular complexity index is 298. The van der Waals surface area contributed by atoms with Crippen LogP contribution < -0.4 is 11.1 Å². The van der Waals surface area contributed by atoms with E-state index in [4.69, 9.17) is 10.5 Å². The van der Waals surface area contributed by atoms with Gasteiger partial charge in [0.25, 0.3) is 0 Å². The van der Waals surface area contributed by atoms with Crippen LogP contribution in [0.15, 0.2) is 0 Å². The van der Waals surface area contributed by atoms with Gasteiger partial charge in [-0.05, 0) is 37.5 Å². The molecule has 2 fully saturated rings. The molecule has 1 saturated carbocycles. The molecule has 2 rings (SSSR count). The molecule has 3 N–H and O–H groups in total. The van der Waals surface area contributed by atoms with Crippen molar-refractivity contribution in [1.29, 1.82) is 0 Å². The number of carbonyl (C=O) groups is 1. The van der Waals surface area contributed by atoms with Crippen molar-refractivity contribution in [2.24, 2.45) is 11.1 Å². The maximum absolute atomic E-state index is 11.7. The molecule has 2 unspecified atom stereocenters. The number of hydrogen-bond acceptors (Lipinski definition) is 3. The van der Waals surface area contributed by atoms with Gasteiger partial charge in [0.05, 0.1) is 11.6 Å². The third-order valence-electron chi connectivity index (χ3n) is 4.17. The fourth-order valence-corrected chi connectivity index (χ4v) is 3.11. The van der Waals surface area contributed by atoms with Crippen LogP contribution in [0.5, 0.6) is 0 Å². The Labute approximate surface area is 103 Å². The van der Waals surface area contributed by atoms with Crippen LogP contribution in [-0.2, 0) is 9.53 Å². The van der Waals surface area contributed by atoms with Gasteiger partial charge in [0.15, 0.2) is 0 Å². The van der Waals surface area contributed by atoms with E-state index in [2.05, 4.69) is 19.2 Å². The first kappa shape index (κ1) is 12.8. The molecule has 1 aliphatic carbocycles. The van der Waals surface area contributed by atoms with Gasteiger partial charge in [0.1, 0.15) is 0 Å². The highest BCUT2D eigenvalue weighted by molar-refractivity contribution is 5.85. The summed E-state index contributed by atoms with van der Waals surface area (Å²) in [5.41, 5.74) is 5.30. The lowest BCUT2D eigenvalue weighted by Crippen LogP contribution is -2.55. The Balaban J connectivity index is 1.95. The van der Waals surface area contributed by atoms with Crippen molar-refractivity contribution in [2.45, 2.75) is 57.6 Å². The van der Waals surface area contributed by atoms with Crippen molar-refractivity contribution in [1.82, 2.24) is 5.32 Å². The molecule has 4 heteroatoms. The number of nitrogens with two attached hydrogens (primary N) is 1. The van der Waals surface area contributed by atoms with Crippen LogP contribution in [0.4, 0.5) is 0 Å². The van der Waals surface area contributed by atoms with E-state index in [9.17, 15) is 4.79 Å². The summed E-state index contributed by atoms with van der Waals surface area (Å²) in [5.74, 6) is -0.207. The van der Waals surface area contributed by atoms with E-state index in [1.165, 1.54) is 0 Å². The van der Waals surface area contributed by atoms with E-state index >= 15 is 0 Å². The average Bonchev–Trinajstić information content (AvgIpc) is 2.83. The first-order valence-corrected chi connectivity index (χ1v) is 6.60. The van der Waals surface area contributed by atoms with Gasteiger partial charge in [-0.15, -0.1) is 0 Å². The topological polar surface area (TPSA) is 64.3 Å². The summed E-state index contributed by atoms with van der Waals surface area (Å²) < 4.78 is 5.57. The molecule has 0 aromatic carbocycles. The molecule has 1 saturated heterocycles. The van der Waals surface area contributed by atoms with Crippen LogP contribution in [-0.4, -0.2) is 30.7 Å². The molecule has 0 aromatic rings. The molecule has 0 radical (unpaired) electrons. The van der Waals surface area contributed by atoms with Crippen LogP contribution in [0.3, 0.4) is 0 Å². The van der Waals surface area contributed by atoms with E-state index in [1.807, 2.05) is 0 Å². The Kier molecular flexibility index (Phi) is 3.46. The highest BCUT2D eigenvalue weighted by Crippen LogP contribution is 2.43. The molecule has 1 heterocycles. The molecule has 4 nitrogen and oxygen atoms in total. The molecule has 1 amide bonds. The minimum atomic E-state index is -0.505. The van der Waals surface area contributed by atoms with Crippen molar-refractivity contribution in [3.8, 4) is 0 Å². The van der Waals surface area contributed by atoms with E-state index < -0.39 is 5.54 Å². The summed E-state index contributed by atoms with van der Waals surface area (Å²) in [5, 5.41) is 3.39. The molecule has 1 aliphatic heterocycles. The Morgan fingerprint density at radius 1 is 1.47 bits per heavy atom. The van der Waals surface area contributed by atoms with Crippen molar-refractivity contribution in [3.05, 3.63) is 0 Å². The quantitative estimate of drug-likeness (QED) is 0.776. The second kappa shape index (κ2) is 4.58. The number of amides is 1. The lowest BCUT2D eigenvalue weighted by molar-refractivity contribution is -0.124. The maximum Gasteiger partial charge on any atom is 0.237 e. The van der Waals surface area contributed by atoms with Gasteiger partial charge in [0.2, 0.25) is 5.91 Å². The van der Waals surface area contributed by atoms with Gasteiger partial charge in [0, 0.05) is 13.2 Å². The van der Waals surface area contributed by atoms with E-state index in [0.29, 0.717) is 0 Å². The SMILES string of the molecule is CC1(C)CCC(NCC2CCCO2)(C(N)=O)C1. The summed E-state index contributed by atoms with van der Waals surface area (Å²) in [6.45, 7) is 6.00. The molecule has 0 bridgehead atoms. The highest BCUT2D eigenvalue weighted by atomic mass is 16.5. The summed E-state index contributed by atoms with van der Waals surface area (Å²) in [6, 6.07) is 0. The minimum Gasteiger partial charge on any atom is -0.377 e. The predicted octanol–water partition coefficient (Wildman–Crippen LogP) is 1.19. The summed E-state index contributed by atoms with van der Waals surface area (Å²) in [7, 11) is 0. The molecule has 2 atom stereocenters. The monoisotopic (exact) mass is 240 g/mol. The van der Waals surface area contributed by atoms with Crippen LogP contribution in [0.25, 0.3) is 0 Å². The fraction of sp³-hybridized carbons (Fsp3) is 0.923. The molecular formula is C13H24N2O2. The zero-order valence-corrected chi connectivity index (χ0v) is 10.9.